The molecule has 2 aromatic rings. The Labute approximate surface area is 229 Å². The number of carbonyl (C=O) groups excluding carboxylic acids is 2. The fraction of sp³-hybridized carbons (Fsp3) is 0.391. The van der Waals surface area contributed by atoms with Crippen LogP contribution in [0.4, 0.5) is 5.69 Å². The molecule has 1 atom stereocenters. The molecule has 0 aliphatic heterocycles. The van der Waals surface area contributed by atoms with Crippen LogP contribution in [0.15, 0.2) is 40.9 Å². The fourth-order valence-electron chi connectivity index (χ4n) is 3.12. The van der Waals surface area contributed by atoms with Gasteiger partial charge in [-0.25, -0.2) is 8.42 Å². The second kappa shape index (κ2) is 12.6. The molecule has 0 saturated heterocycles. The third-order valence-electron chi connectivity index (χ3n) is 5.06. The summed E-state index contributed by atoms with van der Waals surface area (Å²) in [5.74, 6) is -0.713. The highest BCUT2D eigenvalue weighted by molar-refractivity contribution is 9.10. The Balaban J connectivity index is 2.43. The SMILES string of the molecule is CC(C)CNC(=O)[C@H](C)N(Cc1ccc(Br)cc1)C(=O)CN(c1cc(Cl)c(Cl)cc1Cl)S(C)(=O)=O. The average molecular weight is 628 g/mol. The van der Waals surface area contributed by atoms with Gasteiger partial charge in [-0.1, -0.05) is 76.7 Å². The number of benzene rings is 2. The summed E-state index contributed by atoms with van der Waals surface area (Å²) in [5.41, 5.74) is 0.779. The van der Waals surface area contributed by atoms with E-state index in [4.69, 9.17) is 34.8 Å². The number of hydrogen-bond acceptors (Lipinski definition) is 4. The van der Waals surface area contributed by atoms with Crippen molar-refractivity contribution in [1.82, 2.24) is 10.2 Å². The predicted octanol–water partition coefficient (Wildman–Crippen LogP) is 5.36. The Morgan fingerprint density at radius 1 is 1.00 bits per heavy atom. The van der Waals surface area contributed by atoms with Gasteiger partial charge in [0.1, 0.15) is 12.6 Å². The second-order valence-corrected chi connectivity index (χ2v) is 12.5. The van der Waals surface area contributed by atoms with Crippen molar-refractivity contribution in [3.8, 4) is 0 Å². The molecule has 2 aromatic carbocycles. The molecule has 1 N–H and O–H groups in total. The first kappa shape index (κ1) is 29.7. The van der Waals surface area contributed by atoms with Crippen molar-refractivity contribution in [3.63, 3.8) is 0 Å². The maximum absolute atomic E-state index is 13.5. The lowest BCUT2D eigenvalue weighted by molar-refractivity contribution is -0.139. The summed E-state index contributed by atoms with van der Waals surface area (Å²) in [4.78, 5) is 27.7. The number of sulfonamides is 1. The Hall–Kier alpha value is -1.52. The van der Waals surface area contributed by atoms with Crippen molar-refractivity contribution in [2.24, 2.45) is 5.92 Å². The minimum atomic E-state index is -3.95. The number of amides is 2. The molecule has 12 heteroatoms. The van der Waals surface area contributed by atoms with Crippen LogP contribution < -0.4 is 9.62 Å². The number of nitrogens with zero attached hydrogens (tertiary/aromatic N) is 2. The number of anilines is 1. The highest BCUT2D eigenvalue weighted by Crippen LogP contribution is 2.35. The van der Waals surface area contributed by atoms with Gasteiger partial charge in [-0.2, -0.15) is 0 Å². The molecule has 0 aromatic heterocycles. The van der Waals surface area contributed by atoms with Crippen LogP contribution in [0.2, 0.25) is 15.1 Å². The maximum Gasteiger partial charge on any atom is 0.244 e. The molecule has 35 heavy (non-hydrogen) atoms. The van der Waals surface area contributed by atoms with Crippen LogP contribution in [0.1, 0.15) is 26.3 Å². The van der Waals surface area contributed by atoms with Crippen LogP contribution in [-0.4, -0.2) is 50.5 Å². The Kier molecular flexibility index (Phi) is 10.7. The second-order valence-electron chi connectivity index (χ2n) is 8.45. The zero-order valence-corrected chi connectivity index (χ0v) is 24.4. The summed E-state index contributed by atoms with van der Waals surface area (Å²) < 4.78 is 27.0. The molecular weight excluding hydrogens is 601 g/mol. The van der Waals surface area contributed by atoms with E-state index < -0.39 is 28.5 Å². The van der Waals surface area contributed by atoms with Crippen LogP contribution in [0.25, 0.3) is 0 Å². The first-order valence-electron chi connectivity index (χ1n) is 10.6. The topological polar surface area (TPSA) is 86.8 Å². The first-order valence-corrected chi connectivity index (χ1v) is 14.4. The zero-order chi connectivity index (χ0) is 26.5. The van der Waals surface area contributed by atoms with E-state index in [9.17, 15) is 18.0 Å². The van der Waals surface area contributed by atoms with E-state index in [-0.39, 0.29) is 39.1 Å². The molecule has 0 radical (unpaired) electrons. The van der Waals surface area contributed by atoms with E-state index in [1.807, 2.05) is 38.1 Å². The molecular formula is C23H27BrCl3N3O4S. The zero-order valence-electron chi connectivity index (χ0n) is 19.7. The number of carbonyl (C=O) groups is 2. The molecule has 0 spiro atoms. The minimum Gasteiger partial charge on any atom is -0.354 e. The predicted molar refractivity (Wildman–Crippen MR) is 146 cm³/mol. The number of halogens is 4. The van der Waals surface area contributed by atoms with Crippen LogP contribution in [-0.2, 0) is 26.2 Å². The summed E-state index contributed by atoms with van der Waals surface area (Å²) in [5, 5.41) is 3.07. The summed E-state index contributed by atoms with van der Waals surface area (Å²) in [6, 6.07) is 9.00. The van der Waals surface area contributed by atoms with Gasteiger partial charge in [0, 0.05) is 17.6 Å². The summed E-state index contributed by atoms with van der Waals surface area (Å²) in [6.45, 7) is 5.46. The minimum absolute atomic E-state index is 0.0115. The van der Waals surface area contributed by atoms with Gasteiger partial charge in [0.15, 0.2) is 0 Å². The van der Waals surface area contributed by atoms with Gasteiger partial charge < -0.3 is 10.2 Å². The van der Waals surface area contributed by atoms with Crippen LogP contribution in [0.3, 0.4) is 0 Å². The average Bonchev–Trinajstić information content (AvgIpc) is 2.76. The monoisotopic (exact) mass is 625 g/mol. The van der Waals surface area contributed by atoms with Crippen molar-refractivity contribution in [2.45, 2.75) is 33.4 Å². The molecule has 2 rings (SSSR count). The van der Waals surface area contributed by atoms with Gasteiger partial charge in [0.2, 0.25) is 21.8 Å². The quantitative estimate of drug-likeness (QED) is 0.359. The van der Waals surface area contributed by atoms with Crippen molar-refractivity contribution in [2.75, 3.05) is 23.7 Å². The Morgan fingerprint density at radius 2 is 1.57 bits per heavy atom. The Morgan fingerprint density at radius 3 is 2.11 bits per heavy atom. The van der Waals surface area contributed by atoms with Crippen molar-refractivity contribution in [1.29, 1.82) is 0 Å². The molecule has 0 unspecified atom stereocenters. The lowest BCUT2D eigenvalue weighted by atomic mass is 10.1. The molecule has 0 aliphatic carbocycles. The van der Waals surface area contributed by atoms with E-state index in [1.165, 1.54) is 17.0 Å². The first-order chi connectivity index (χ1) is 16.2. The van der Waals surface area contributed by atoms with E-state index >= 15 is 0 Å². The summed E-state index contributed by atoms with van der Waals surface area (Å²) in [6.07, 6.45) is 0.955. The summed E-state index contributed by atoms with van der Waals surface area (Å²) >= 11 is 21.7. The van der Waals surface area contributed by atoms with E-state index in [1.54, 1.807) is 6.92 Å². The van der Waals surface area contributed by atoms with Gasteiger partial charge in [0.05, 0.1) is 27.0 Å². The van der Waals surface area contributed by atoms with Gasteiger partial charge in [-0.15, -0.1) is 0 Å². The number of nitrogens with one attached hydrogen (secondary N) is 1. The molecule has 7 nitrogen and oxygen atoms in total. The highest BCUT2D eigenvalue weighted by Gasteiger charge is 2.31. The normalized spacial score (nSPS) is 12.4. The standard InChI is InChI=1S/C23H27BrCl3N3O4S/c1-14(2)11-28-23(32)15(3)29(12-16-5-7-17(24)8-6-16)22(31)13-30(35(4,33)34)21-10-19(26)18(25)9-20(21)27/h5-10,14-15H,11-13H2,1-4H3,(H,28,32)/t15-/m0/s1. The molecule has 0 heterocycles. The smallest absolute Gasteiger partial charge is 0.244 e. The van der Waals surface area contributed by atoms with Crippen LogP contribution >= 0.6 is 50.7 Å². The van der Waals surface area contributed by atoms with Crippen LogP contribution in [0.5, 0.6) is 0 Å². The van der Waals surface area contributed by atoms with Gasteiger partial charge in [-0.3, -0.25) is 13.9 Å². The van der Waals surface area contributed by atoms with Crippen molar-refractivity contribution < 1.29 is 18.0 Å². The number of rotatable bonds is 10. The third-order valence-corrected chi connectivity index (χ3v) is 7.74. The molecule has 0 aliphatic rings. The highest BCUT2D eigenvalue weighted by atomic mass is 79.9. The molecule has 0 bridgehead atoms. The Bertz CT molecular complexity index is 1180. The molecule has 0 fully saturated rings. The largest absolute Gasteiger partial charge is 0.354 e. The van der Waals surface area contributed by atoms with E-state index in [0.29, 0.717) is 6.54 Å². The third kappa shape index (κ3) is 8.53. The van der Waals surface area contributed by atoms with Crippen molar-refractivity contribution in [3.05, 3.63) is 61.5 Å². The van der Waals surface area contributed by atoms with E-state index in [0.717, 1.165) is 20.6 Å². The lowest BCUT2D eigenvalue weighted by Crippen LogP contribution is -2.51. The van der Waals surface area contributed by atoms with Gasteiger partial charge in [-0.05, 0) is 42.7 Å². The lowest BCUT2D eigenvalue weighted by Gasteiger charge is -2.32. The maximum atomic E-state index is 13.5. The van der Waals surface area contributed by atoms with Crippen LogP contribution in [0, 0.1) is 5.92 Å². The van der Waals surface area contributed by atoms with E-state index in [2.05, 4.69) is 21.2 Å². The van der Waals surface area contributed by atoms with Gasteiger partial charge in [0.25, 0.3) is 0 Å². The summed E-state index contributed by atoms with van der Waals surface area (Å²) in [7, 11) is -3.95. The fourth-order valence-corrected chi connectivity index (χ4v) is 4.93. The molecule has 2 amide bonds. The van der Waals surface area contributed by atoms with Crippen molar-refractivity contribution >= 4 is 78.3 Å². The number of hydrogen-bond donors (Lipinski definition) is 1. The molecule has 192 valence electrons. The van der Waals surface area contributed by atoms with Gasteiger partial charge >= 0.3 is 0 Å². The molecule has 0 saturated carbocycles.